The van der Waals surface area contributed by atoms with Crippen molar-refractivity contribution >= 4 is 5.91 Å². The van der Waals surface area contributed by atoms with E-state index in [1.807, 2.05) is 0 Å². The van der Waals surface area contributed by atoms with Crippen molar-refractivity contribution in [3.63, 3.8) is 0 Å². The van der Waals surface area contributed by atoms with Crippen LogP contribution in [0.3, 0.4) is 0 Å². The number of halogens is 1. The van der Waals surface area contributed by atoms with Gasteiger partial charge in [0.15, 0.2) is 0 Å². The summed E-state index contributed by atoms with van der Waals surface area (Å²) in [4.78, 5) is 15.1. The minimum Gasteiger partial charge on any atom is -0.264 e. The van der Waals surface area contributed by atoms with E-state index in [9.17, 15) is 9.28 Å². The molecule has 0 aliphatic rings. The number of carbonyl (C=O) groups excluding carboxylic acids is 1. The Balaban J connectivity index is 2.79. The van der Waals surface area contributed by atoms with E-state index < -0.39 is 5.91 Å². The Labute approximate surface area is 69.3 Å². The maximum Gasteiger partial charge on any atom is 0.309 e. The third kappa shape index (κ3) is 1.79. The van der Waals surface area contributed by atoms with E-state index >= 15 is 0 Å². The van der Waals surface area contributed by atoms with Gasteiger partial charge < -0.3 is 0 Å². The number of rotatable bonds is 2. The van der Waals surface area contributed by atoms with Crippen LogP contribution in [0.25, 0.3) is 0 Å². The van der Waals surface area contributed by atoms with Gasteiger partial charge in [0.05, 0.1) is 7.11 Å². The molecule has 0 bridgehead atoms. The molecule has 0 unspecified atom stereocenters. The molecule has 0 aliphatic heterocycles. The number of amides is 1. The molecule has 1 rings (SSSR count). The third-order valence-electron chi connectivity index (χ3n) is 1.34. The second-order valence-corrected chi connectivity index (χ2v) is 2.10. The summed E-state index contributed by atoms with van der Waals surface area (Å²) >= 11 is 0. The first-order valence-corrected chi connectivity index (χ1v) is 3.35. The lowest BCUT2D eigenvalue weighted by molar-refractivity contribution is -0.216. The summed E-state index contributed by atoms with van der Waals surface area (Å²) in [5.74, 6) is -0.807. The Bertz CT molecular complexity index is 263. The number of benzene rings is 1. The van der Waals surface area contributed by atoms with Crippen LogP contribution in [0.2, 0.25) is 0 Å². The predicted molar refractivity (Wildman–Crippen MR) is 40.7 cm³/mol. The van der Waals surface area contributed by atoms with Crippen LogP contribution in [0, 0.1) is 0 Å². The lowest BCUT2D eigenvalue weighted by atomic mass is 10.2. The van der Waals surface area contributed by atoms with Crippen LogP contribution < -0.4 is 0 Å². The Morgan fingerprint density at radius 2 is 2.00 bits per heavy atom. The highest BCUT2D eigenvalue weighted by Crippen LogP contribution is 2.04. The fraction of sp³-hybridized carbons (Fsp3) is 0.125. The van der Waals surface area contributed by atoms with Crippen LogP contribution in [-0.4, -0.2) is 18.3 Å². The average molecular weight is 169 g/mol. The molecule has 0 aliphatic carbocycles. The van der Waals surface area contributed by atoms with E-state index in [2.05, 4.69) is 4.84 Å². The first-order valence-electron chi connectivity index (χ1n) is 3.35. The normalized spacial score (nSPS) is 9.50. The molecule has 0 fully saturated rings. The highest BCUT2D eigenvalue weighted by atomic mass is 19.2. The molecule has 0 saturated carbocycles. The number of hydroxylamine groups is 1. The number of hydrogen-bond donors (Lipinski definition) is 0. The first-order chi connectivity index (χ1) is 5.75. The van der Waals surface area contributed by atoms with E-state index in [1.54, 1.807) is 18.2 Å². The zero-order valence-electron chi connectivity index (χ0n) is 6.53. The summed E-state index contributed by atoms with van der Waals surface area (Å²) in [6, 6.07) is 8.06. The van der Waals surface area contributed by atoms with Gasteiger partial charge in [0.1, 0.15) is 0 Å². The molecule has 1 aromatic rings. The molecule has 12 heavy (non-hydrogen) atoms. The standard InChI is InChI=1S/C8H8FNO2/c1-12-10(9)8(11)7-5-3-2-4-6-7/h2-6H,1H3. The fourth-order valence-electron chi connectivity index (χ4n) is 0.765. The maximum absolute atomic E-state index is 12.5. The monoisotopic (exact) mass is 169 g/mol. The van der Waals surface area contributed by atoms with Crippen molar-refractivity contribution in [3.8, 4) is 0 Å². The summed E-state index contributed by atoms with van der Waals surface area (Å²) in [6.07, 6.45) is 0. The van der Waals surface area contributed by atoms with Crippen LogP contribution in [0.1, 0.15) is 10.4 Å². The largest absolute Gasteiger partial charge is 0.309 e. The molecule has 0 saturated heterocycles. The van der Waals surface area contributed by atoms with Gasteiger partial charge in [-0.2, -0.15) is 0 Å². The average Bonchev–Trinajstić information content (AvgIpc) is 2.17. The molecule has 1 aromatic carbocycles. The lowest BCUT2D eigenvalue weighted by Crippen LogP contribution is -2.21. The lowest BCUT2D eigenvalue weighted by Gasteiger charge is -2.06. The van der Waals surface area contributed by atoms with Gasteiger partial charge in [0.25, 0.3) is 0 Å². The third-order valence-corrected chi connectivity index (χ3v) is 1.34. The summed E-state index contributed by atoms with van der Waals surface area (Å²) < 4.78 is 12.5. The molecule has 0 aromatic heterocycles. The molecule has 0 spiro atoms. The van der Waals surface area contributed by atoms with E-state index in [0.717, 1.165) is 7.11 Å². The van der Waals surface area contributed by atoms with E-state index in [1.165, 1.54) is 12.1 Å². The van der Waals surface area contributed by atoms with Crippen molar-refractivity contribution in [2.45, 2.75) is 0 Å². The smallest absolute Gasteiger partial charge is 0.264 e. The van der Waals surface area contributed by atoms with Crippen molar-refractivity contribution in [1.29, 1.82) is 0 Å². The highest BCUT2D eigenvalue weighted by molar-refractivity contribution is 5.92. The Morgan fingerprint density at radius 3 is 2.50 bits per heavy atom. The van der Waals surface area contributed by atoms with Crippen LogP contribution in [0.15, 0.2) is 30.3 Å². The molecule has 64 valence electrons. The van der Waals surface area contributed by atoms with Crippen LogP contribution in [0.4, 0.5) is 4.48 Å². The Hall–Kier alpha value is -1.42. The molecular formula is C8H8FNO2. The SMILES string of the molecule is CON(F)C(=O)c1ccccc1. The molecule has 0 atom stereocenters. The zero-order chi connectivity index (χ0) is 8.97. The molecule has 3 nitrogen and oxygen atoms in total. The summed E-state index contributed by atoms with van der Waals surface area (Å²) in [5, 5.41) is -0.310. The van der Waals surface area contributed by atoms with Gasteiger partial charge in [-0.1, -0.05) is 22.7 Å². The number of hydrogen-bond acceptors (Lipinski definition) is 2. The second-order valence-electron chi connectivity index (χ2n) is 2.10. The molecule has 1 amide bonds. The summed E-state index contributed by atoms with van der Waals surface area (Å²) in [6.45, 7) is 0. The number of carbonyl (C=O) groups is 1. The molecule has 0 N–H and O–H groups in total. The van der Waals surface area contributed by atoms with Crippen molar-refractivity contribution in [2.75, 3.05) is 7.11 Å². The minimum absolute atomic E-state index is 0.252. The van der Waals surface area contributed by atoms with E-state index in [0.29, 0.717) is 0 Å². The zero-order valence-corrected chi connectivity index (χ0v) is 6.53. The second kappa shape index (κ2) is 3.82. The van der Waals surface area contributed by atoms with Crippen molar-refractivity contribution in [2.24, 2.45) is 0 Å². The minimum atomic E-state index is -0.807. The van der Waals surface area contributed by atoms with Crippen molar-refractivity contribution in [3.05, 3.63) is 35.9 Å². The number of nitrogens with zero attached hydrogens (tertiary/aromatic N) is 1. The molecular weight excluding hydrogens is 161 g/mol. The topological polar surface area (TPSA) is 29.5 Å². The highest BCUT2D eigenvalue weighted by Gasteiger charge is 2.13. The van der Waals surface area contributed by atoms with Gasteiger partial charge in [-0.05, 0) is 17.4 Å². The van der Waals surface area contributed by atoms with Gasteiger partial charge in [-0.3, -0.25) is 4.79 Å². The Morgan fingerprint density at radius 1 is 1.42 bits per heavy atom. The fourth-order valence-corrected chi connectivity index (χ4v) is 0.765. The first kappa shape index (κ1) is 8.67. The Kier molecular flexibility index (Phi) is 2.76. The van der Waals surface area contributed by atoms with Gasteiger partial charge in [-0.25, -0.2) is 4.84 Å². The van der Waals surface area contributed by atoms with E-state index in [4.69, 9.17) is 0 Å². The maximum atomic E-state index is 12.5. The van der Waals surface area contributed by atoms with Crippen LogP contribution >= 0.6 is 0 Å². The van der Waals surface area contributed by atoms with Gasteiger partial charge in [0.2, 0.25) is 0 Å². The quantitative estimate of drug-likeness (QED) is 0.496. The predicted octanol–water partition coefficient (Wildman–Crippen LogP) is 1.57. The van der Waals surface area contributed by atoms with Crippen molar-refractivity contribution in [1.82, 2.24) is 5.29 Å². The van der Waals surface area contributed by atoms with Crippen molar-refractivity contribution < 1.29 is 14.1 Å². The van der Waals surface area contributed by atoms with E-state index in [-0.39, 0.29) is 10.8 Å². The molecule has 4 heteroatoms. The van der Waals surface area contributed by atoms with Crippen LogP contribution in [0.5, 0.6) is 0 Å². The van der Waals surface area contributed by atoms with Crippen LogP contribution in [-0.2, 0) is 4.84 Å². The summed E-state index contributed by atoms with van der Waals surface area (Å²) in [7, 11) is 1.08. The molecule has 0 radical (unpaired) electrons. The summed E-state index contributed by atoms with van der Waals surface area (Å²) in [5.41, 5.74) is 0.252. The van der Waals surface area contributed by atoms with Gasteiger partial charge >= 0.3 is 5.91 Å². The molecule has 0 heterocycles. The van der Waals surface area contributed by atoms with Gasteiger partial charge in [0, 0.05) is 5.56 Å². The van der Waals surface area contributed by atoms with Gasteiger partial charge in [-0.15, -0.1) is 0 Å².